The van der Waals surface area contributed by atoms with Gasteiger partial charge in [0.1, 0.15) is 5.82 Å². The molecule has 0 saturated heterocycles. The third-order valence-electron chi connectivity index (χ3n) is 2.99. The van der Waals surface area contributed by atoms with Crippen LogP contribution >= 0.6 is 11.6 Å². The van der Waals surface area contributed by atoms with E-state index in [9.17, 15) is 8.42 Å². The van der Waals surface area contributed by atoms with E-state index in [1.807, 2.05) is 0 Å². The highest BCUT2D eigenvalue weighted by Gasteiger charge is 2.19. The molecule has 22 heavy (non-hydrogen) atoms. The number of nitrogens with zero attached hydrogens (tertiary/aromatic N) is 1. The minimum atomic E-state index is -3.78. The quantitative estimate of drug-likeness (QED) is 0.929. The van der Waals surface area contributed by atoms with E-state index < -0.39 is 10.0 Å². The number of ether oxygens (including phenoxy) is 2. The van der Waals surface area contributed by atoms with Crippen molar-refractivity contribution in [3.05, 3.63) is 41.6 Å². The smallest absolute Gasteiger partial charge is 0.263 e. The van der Waals surface area contributed by atoms with E-state index in [0.29, 0.717) is 29.7 Å². The van der Waals surface area contributed by atoms with Crippen LogP contribution < -0.4 is 14.2 Å². The Morgan fingerprint density at radius 1 is 1.09 bits per heavy atom. The van der Waals surface area contributed by atoms with Crippen molar-refractivity contribution in [3.63, 3.8) is 0 Å². The van der Waals surface area contributed by atoms with Crippen molar-refractivity contribution in [2.45, 2.75) is 11.3 Å². The number of aromatic nitrogens is 1. The van der Waals surface area contributed by atoms with Crippen LogP contribution in [0.2, 0.25) is 5.02 Å². The van der Waals surface area contributed by atoms with Crippen LogP contribution in [0.25, 0.3) is 0 Å². The number of hydrogen-bond donors (Lipinski definition) is 1. The zero-order chi connectivity index (χ0) is 15.6. The van der Waals surface area contributed by atoms with Crippen molar-refractivity contribution in [2.24, 2.45) is 0 Å². The number of sulfonamides is 1. The highest BCUT2D eigenvalue weighted by Crippen LogP contribution is 2.32. The van der Waals surface area contributed by atoms with Gasteiger partial charge in [0.15, 0.2) is 11.5 Å². The Morgan fingerprint density at radius 3 is 2.64 bits per heavy atom. The van der Waals surface area contributed by atoms with Gasteiger partial charge in [-0.3, -0.25) is 4.72 Å². The maximum atomic E-state index is 12.4. The first kappa shape index (κ1) is 14.9. The Morgan fingerprint density at radius 2 is 1.86 bits per heavy atom. The predicted octanol–water partition coefficient (Wildman–Crippen LogP) is 2.70. The highest BCUT2D eigenvalue weighted by atomic mass is 35.5. The van der Waals surface area contributed by atoms with Crippen LogP contribution in [0.4, 0.5) is 5.82 Å². The summed E-state index contributed by atoms with van der Waals surface area (Å²) in [4.78, 5) is 3.99. The molecule has 1 aliphatic heterocycles. The van der Waals surface area contributed by atoms with Crippen molar-refractivity contribution in [2.75, 3.05) is 17.9 Å². The topological polar surface area (TPSA) is 77.5 Å². The third kappa shape index (κ3) is 3.26. The molecule has 1 aliphatic rings. The van der Waals surface area contributed by atoms with Gasteiger partial charge in [-0.15, -0.1) is 0 Å². The van der Waals surface area contributed by atoms with Gasteiger partial charge in [0.25, 0.3) is 10.0 Å². The molecule has 1 aromatic heterocycles. The number of benzene rings is 1. The summed E-state index contributed by atoms with van der Waals surface area (Å²) < 4.78 is 38.1. The largest absolute Gasteiger partial charge is 0.490 e. The van der Waals surface area contributed by atoms with Gasteiger partial charge in [0.05, 0.1) is 18.1 Å². The number of hydrogen-bond acceptors (Lipinski definition) is 5. The molecule has 2 heterocycles. The lowest BCUT2D eigenvalue weighted by Gasteiger charge is -2.11. The zero-order valence-electron chi connectivity index (χ0n) is 11.5. The Kier molecular flexibility index (Phi) is 4.08. The average Bonchev–Trinajstić information content (AvgIpc) is 2.71. The minimum Gasteiger partial charge on any atom is -0.490 e. The fraction of sp³-hybridized carbons (Fsp3) is 0.214. The van der Waals surface area contributed by atoms with Gasteiger partial charge in [0.2, 0.25) is 0 Å². The minimum absolute atomic E-state index is 0.0681. The van der Waals surface area contributed by atoms with Gasteiger partial charge in [-0.2, -0.15) is 0 Å². The number of pyridine rings is 1. The van der Waals surface area contributed by atoms with Crippen LogP contribution in [-0.2, 0) is 10.0 Å². The van der Waals surface area contributed by atoms with Gasteiger partial charge in [-0.05, 0) is 18.2 Å². The molecule has 1 aromatic carbocycles. The summed E-state index contributed by atoms with van der Waals surface area (Å²) in [7, 11) is -3.78. The van der Waals surface area contributed by atoms with Crippen molar-refractivity contribution >= 4 is 27.4 Å². The summed E-state index contributed by atoms with van der Waals surface area (Å²) in [5.41, 5.74) is 0. The fourth-order valence-corrected chi connectivity index (χ4v) is 3.14. The molecule has 2 aromatic rings. The molecule has 6 nitrogen and oxygen atoms in total. The van der Waals surface area contributed by atoms with E-state index in [0.717, 1.165) is 6.42 Å². The Balaban J connectivity index is 1.90. The molecule has 116 valence electrons. The Hall–Kier alpha value is -1.99. The Bertz CT molecular complexity index is 795. The van der Waals surface area contributed by atoms with E-state index in [-0.39, 0.29) is 10.7 Å². The van der Waals surface area contributed by atoms with E-state index in [1.165, 1.54) is 24.4 Å². The lowest BCUT2D eigenvalue weighted by molar-refractivity contribution is 0.297. The molecule has 1 N–H and O–H groups in total. The molecule has 0 unspecified atom stereocenters. The first-order chi connectivity index (χ1) is 10.5. The van der Waals surface area contributed by atoms with Gasteiger partial charge in [0, 0.05) is 29.8 Å². The average molecular weight is 341 g/mol. The maximum Gasteiger partial charge on any atom is 0.263 e. The van der Waals surface area contributed by atoms with Crippen LogP contribution in [-0.4, -0.2) is 26.6 Å². The standard InChI is InChI=1S/C14H13ClN2O4S/c15-10-4-5-16-14(8-10)17-22(18,19)11-2-3-12-13(9-11)21-7-1-6-20-12/h2-5,8-9H,1,6-7H2,(H,16,17). The molecule has 0 fully saturated rings. The van der Waals surface area contributed by atoms with Crippen LogP contribution in [0.3, 0.4) is 0 Å². The molecular formula is C14H13ClN2O4S. The molecule has 0 saturated carbocycles. The lowest BCUT2D eigenvalue weighted by atomic mass is 10.3. The highest BCUT2D eigenvalue weighted by molar-refractivity contribution is 7.92. The zero-order valence-corrected chi connectivity index (χ0v) is 13.0. The summed E-state index contributed by atoms with van der Waals surface area (Å²) in [6.45, 7) is 1.03. The number of fused-ring (bicyclic) bond motifs is 1. The third-order valence-corrected chi connectivity index (χ3v) is 4.58. The SMILES string of the molecule is O=S(=O)(Nc1cc(Cl)ccn1)c1ccc2c(c1)OCCCO2. The van der Waals surface area contributed by atoms with E-state index in [4.69, 9.17) is 21.1 Å². The summed E-state index contributed by atoms with van der Waals surface area (Å²) in [5.74, 6) is 1.11. The van der Waals surface area contributed by atoms with Crippen LogP contribution in [0.5, 0.6) is 11.5 Å². The summed E-state index contributed by atoms with van der Waals surface area (Å²) in [6, 6.07) is 7.48. The molecule has 0 spiro atoms. The molecular weight excluding hydrogens is 328 g/mol. The van der Waals surface area contributed by atoms with E-state index in [2.05, 4.69) is 9.71 Å². The van der Waals surface area contributed by atoms with Crippen LogP contribution in [0.15, 0.2) is 41.4 Å². The van der Waals surface area contributed by atoms with Gasteiger partial charge < -0.3 is 9.47 Å². The van der Waals surface area contributed by atoms with Crippen LogP contribution in [0, 0.1) is 0 Å². The lowest BCUT2D eigenvalue weighted by Crippen LogP contribution is -2.14. The monoisotopic (exact) mass is 340 g/mol. The van der Waals surface area contributed by atoms with E-state index in [1.54, 1.807) is 12.1 Å². The number of rotatable bonds is 3. The molecule has 0 amide bonds. The molecule has 0 atom stereocenters. The fourth-order valence-electron chi connectivity index (χ4n) is 1.97. The predicted molar refractivity (Wildman–Crippen MR) is 82.1 cm³/mol. The normalized spacial score (nSPS) is 14.2. The van der Waals surface area contributed by atoms with Gasteiger partial charge >= 0.3 is 0 Å². The summed E-state index contributed by atoms with van der Waals surface area (Å²) in [6.07, 6.45) is 2.18. The number of halogens is 1. The second-order valence-electron chi connectivity index (χ2n) is 4.62. The molecule has 0 bridgehead atoms. The first-order valence-corrected chi connectivity index (χ1v) is 8.45. The van der Waals surface area contributed by atoms with Crippen molar-refractivity contribution in [1.82, 2.24) is 4.98 Å². The number of nitrogens with one attached hydrogen (secondary N) is 1. The second kappa shape index (κ2) is 6.02. The van der Waals surface area contributed by atoms with Gasteiger partial charge in [-0.1, -0.05) is 11.6 Å². The molecule has 3 rings (SSSR count). The first-order valence-electron chi connectivity index (χ1n) is 6.59. The maximum absolute atomic E-state index is 12.4. The molecule has 0 aliphatic carbocycles. The molecule has 8 heteroatoms. The summed E-state index contributed by atoms with van der Waals surface area (Å²) in [5, 5.41) is 0.395. The van der Waals surface area contributed by atoms with E-state index >= 15 is 0 Å². The van der Waals surface area contributed by atoms with Gasteiger partial charge in [-0.25, -0.2) is 13.4 Å². The van der Waals surface area contributed by atoms with Crippen LogP contribution in [0.1, 0.15) is 6.42 Å². The summed E-state index contributed by atoms with van der Waals surface area (Å²) >= 11 is 5.82. The number of anilines is 1. The van der Waals surface area contributed by atoms with Crippen molar-refractivity contribution in [1.29, 1.82) is 0 Å². The second-order valence-corrected chi connectivity index (χ2v) is 6.74. The molecule has 0 radical (unpaired) electrons. The van der Waals surface area contributed by atoms with Crippen molar-refractivity contribution < 1.29 is 17.9 Å². The van der Waals surface area contributed by atoms with Crippen molar-refractivity contribution in [3.8, 4) is 11.5 Å². The Labute approximate surface area is 133 Å².